The van der Waals surface area contributed by atoms with E-state index >= 15 is 4.39 Å². The Labute approximate surface area is 191 Å². The van der Waals surface area contributed by atoms with Crippen molar-refractivity contribution in [3.05, 3.63) is 59.6 Å². The zero-order valence-corrected chi connectivity index (χ0v) is 18.6. The van der Waals surface area contributed by atoms with Gasteiger partial charge in [0.2, 0.25) is 23.2 Å². The number of guanidine groups is 1. The van der Waals surface area contributed by atoms with Gasteiger partial charge in [-0.1, -0.05) is 0 Å². The molecule has 1 atom stereocenters. The summed E-state index contributed by atoms with van der Waals surface area (Å²) in [5, 5.41) is 4.31. The second-order valence-corrected chi connectivity index (χ2v) is 7.51. The molecule has 0 aliphatic carbocycles. The number of methoxy groups -OCH3 is 2. The number of ether oxygens (including phenoxy) is 2. The molecule has 1 aliphatic heterocycles. The number of aromatic nitrogens is 3. The van der Waals surface area contributed by atoms with E-state index in [1.807, 2.05) is 6.92 Å². The number of alkyl halides is 3. The Balaban J connectivity index is 1.81. The maximum absolute atomic E-state index is 15.1. The molecule has 3 aromatic rings. The van der Waals surface area contributed by atoms with Crippen molar-refractivity contribution in [1.82, 2.24) is 19.1 Å². The molecule has 0 saturated carbocycles. The minimum Gasteiger partial charge on any atom is -0.493 e. The quantitative estimate of drug-likeness (QED) is 0.448. The number of aliphatic imine (C=N–C) groups is 1. The first-order valence-corrected chi connectivity index (χ1v) is 9.81. The number of hydrogen-bond acceptors (Lipinski definition) is 7. The van der Waals surface area contributed by atoms with E-state index in [0.29, 0.717) is 17.8 Å². The molecule has 0 saturated heterocycles. The lowest BCUT2D eigenvalue weighted by molar-refractivity contribution is -0.137. The van der Waals surface area contributed by atoms with Gasteiger partial charge in [-0.2, -0.15) is 17.6 Å². The lowest BCUT2D eigenvalue weighted by Gasteiger charge is -2.23. The second kappa shape index (κ2) is 8.09. The molecular weight excluding hydrogens is 458 g/mol. The van der Waals surface area contributed by atoms with Gasteiger partial charge in [0.1, 0.15) is 18.4 Å². The fourth-order valence-electron chi connectivity index (χ4n) is 3.42. The number of imidazole rings is 1. The summed E-state index contributed by atoms with van der Waals surface area (Å²) >= 11 is 0. The number of nitrogens with zero attached hydrogens (tertiary/aromatic N) is 6. The Morgan fingerprint density at radius 2 is 1.85 bits per heavy atom. The van der Waals surface area contributed by atoms with Crippen LogP contribution in [-0.2, 0) is 6.18 Å². The first-order valence-electron chi connectivity index (χ1n) is 9.81. The van der Waals surface area contributed by atoms with Crippen LogP contribution in [0.5, 0.6) is 11.6 Å². The molecular formula is C21H20F4N7O2+. The SMILES string of the molecule is COc1cc(C(F)(F)F)cc([N+]2(C)N=C(c3ccc(-n4cnc(C)c4)c(OC)n3)N=C2N)c1F. The average molecular weight is 478 g/mol. The molecule has 0 bridgehead atoms. The summed E-state index contributed by atoms with van der Waals surface area (Å²) in [6, 6.07) is 4.47. The van der Waals surface area contributed by atoms with Gasteiger partial charge in [-0.25, -0.2) is 9.97 Å². The van der Waals surface area contributed by atoms with Gasteiger partial charge in [0.15, 0.2) is 5.75 Å². The first-order chi connectivity index (χ1) is 16.0. The van der Waals surface area contributed by atoms with E-state index in [9.17, 15) is 13.2 Å². The van der Waals surface area contributed by atoms with E-state index in [2.05, 4.69) is 20.1 Å². The molecule has 0 fully saturated rings. The van der Waals surface area contributed by atoms with Gasteiger partial charge in [0.25, 0.3) is 0 Å². The third kappa shape index (κ3) is 3.83. The van der Waals surface area contributed by atoms with Gasteiger partial charge in [-0.15, -0.1) is 9.58 Å². The highest BCUT2D eigenvalue weighted by Gasteiger charge is 2.44. The topological polar surface area (TPSA) is 99.9 Å². The molecule has 0 spiro atoms. The molecule has 1 aliphatic rings. The lowest BCUT2D eigenvalue weighted by atomic mass is 10.1. The third-order valence-corrected chi connectivity index (χ3v) is 5.25. The van der Waals surface area contributed by atoms with Crippen molar-refractivity contribution in [2.75, 3.05) is 21.3 Å². The largest absolute Gasteiger partial charge is 0.493 e. The predicted molar refractivity (Wildman–Crippen MR) is 116 cm³/mol. The summed E-state index contributed by atoms with van der Waals surface area (Å²) < 4.78 is 66.3. The van der Waals surface area contributed by atoms with Gasteiger partial charge in [-0.3, -0.25) is 0 Å². The van der Waals surface area contributed by atoms with Crippen LogP contribution in [0, 0.1) is 12.7 Å². The van der Waals surface area contributed by atoms with E-state index in [0.717, 1.165) is 12.8 Å². The fourth-order valence-corrected chi connectivity index (χ4v) is 3.42. The van der Waals surface area contributed by atoms with Gasteiger partial charge in [0.05, 0.1) is 31.8 Å². The van der Waals surface area contributed by atoms with Gasteiger partial charge < -0.3 is 19.8 Å². The number of halogens is 4. The van der Waals surface area contributed by atoms with Crippen LogP contribution in [0.3, 0.4) is 0 Å². The van der Waals surface area contributed by atoms with Gasteiger partial charge in [0, 0.05) is 12.3 Å². The van der Waals surface area contributed by atoms with E-state index in [1.165, 1.54) is 14.2 Å². The van der Waals surface area contributed by atoms with Crippen molar-refractivity contribution in [3.63, 3.8) is 0 Å². The molecule has 34 heavy (non-hydrogen) atoms. The predicted octanol–water partition coefficient (Wildman–Crippen LogP) is 3.38. The van der Waals surface area contributed by atoms with Crippen LogP contribution < -0.4 is 19.8 Å². The number of benzene rings is 1. The smallest absolute Gasteiger partial charge is 0.416 e. The normalized spacial score (nSPS) is 18.0. The maximum atomic E-state index is 15.1. The zero-order chi connectivity index (χ0) is 24.8. The summed E-state index contributed by atoms with van der Waals surface area (Å²) in [4.78, 5) is 12.7. The van der Waals surface area contributed by atoms with Gasteiger partial charge >= 0.3 is 12.1 Å². The molecule has 4 rings (SSSR count). The fraction of sp³-hybridized carbons (Fsp3) is 0.238. The molecule has 0 amide bonds. The Morgan fingerprint density at radius 3 is 2.44 bits per heavy atom. The Bertz CT molecular complexity index is 1330. The molecule has 2 N–H and O–H groups in total. The number of quaternary nitrogens is 1. The van der Waals surface area contributed by atoms with Crippen molar-refractivity contribution in [3.8, 4) is 17.3 Å². The van der Waals surface area contributed by atoms with E-state index in [-0.39, 0.29) is 23.4 Å². The molecule has 9 nitrogen and oxygen atoms in total. The monoisotopic (exact) mass is 478 g/mol. The van der Waals surface area contributed by atoms with Crippen molar-refractivity contribution in [1.29, 1.82) is 0 Å². The van der Waals surface area contributed by atoms with Crippen LogP contribution in [0.4, 0.5) is 23.2 Å². The summed E-state index contributed by atoms with van der Waals surface area (Å²) in [7, 11) is 3.81. The van der Waals surface area contributed by atoms with E-state index in [1.54, 1.807) is 29.2 Å². The number of rotatable bonds is 5. The molecule has 3 heterocycles. The molecule has 178 valence electrons. The minimum atomic E-state index is -4.75. The average Bonchev–Trinajstić information content (AvgIpc) is 3.35. The summed E-state index contributed by atoms with van der Waals surface area (Å²) in [5.74, 6) is -1.69. The van der Waals surface area contributed by atoms with Crippen LogP contribution in [0.25, 0.3) is 5.69 Å². The standard InChI is InChI=1S/C21H20F4N7O2/c1-11-9-31(10-27-11)14-6-5-13(28-19(14)34-4)18-29-20(26)32(2,30-18)15-7-12(21(23,24)25)8-16(33-3)17(15)22/h5-10H,1-4H3,(H2,26,29,30)/q+1. The molecule has 1 unspecified atom stereocenters. The minimum absolute atomic E-state index is 0.0116. The second-order valence-electron chi connectivity index (χ2n) is 7.51. The van der Waals surface area contributed by atoms with Crippen LogP contribution in [0.1, 0.15) is 17.0 Å². The highest BCUT2D eigenvalue weighted by molar-refractivity contribution is 6.11. The highest BCUT2D eigenvalue weighted by atomic mass is 19.4. The molecule has 13 heteroatoms. The summed E-state index contributed by atoms with van der Waals surface area (Å²) in [5.41, 5.74) is 6.04. The Morgan fingerprint density at radius 1 is 1.12 bits per heavy atom. The summed E-state index contributed by atoms with van der Waals surface area (Å²) in [6.07, 6.45) is -1.38. The molecule has 0 radical (unpaired) electrons. The van der Waals surface area contributed by atoms with Crippen LogP contribution >= 0.6 is 0 Å². The third-order valence-electron chi connectivity index (χ3n) is 5.25. The molecule has 2 aromatic heterocycles. The zero-order valence-electron chi connectivity index (χ0n) is 18.6. The van der Waals surface area contributed by atoms with Crippen molar-refractivity contribution in [2.45, 2.75) is 13.1 Å². The number of pyridine rings is 1. The van der Waals surface area contributed by atoms with E-state index in [4.69, 9.17) is 15.2 Å². The van der Waals surface area contributed by atoms with Crippen molar-refractivity contribution < 1.29 is 27.0 Å². The Hall–Kier alpha value is -4.00. The van der Waals surface area contributed by atoms with E-state index < -0.39 is 33.6 Å². The van der Waals surface area contributed by atoms with Crippen LogP contribution in [-0.4, -0.2) is 47.6 Å². The number of aryl methyl sites for hydroxylation is 1. The van der Waals surface area contributed by atoms with Crippen molar-refractivity contribution in [2.24, 2.45) is 15.8 Å². The first kappa shape index (κ1) is 23.2. The number of hydrogen-bond donors (Lipinski definition) is 1. The van der Waals surface area contributed by atoms with Crippen LogP contribution in [0.15, 0.2) is 46.9 Å². The number of amidine groups is 1. The highest BCUT2D eigenvalue weighted by Crippen LogP contribution is 2.40. The van der Waals surface area contributed by atoms with Gasteiger partial charge in [-0.05, 0) is 30.2 Å². The lowest BCUT2D eigenvalue weighted by Crippen LogP contribution is -2.48. The Kier molecular flexibility index (Phi) is 5.52. The van der Waals surface area contributed by atoms with Crippen LogP contribution in [0.2, 0.25) is 0 Å². The van der Waals surface area contributed by atoms with Crippen molar-refractivity contribution >= 4 is 17.5 Å². The molecule has 1 aromatic carbocycles. The maximum Gasteiger partial charge on any atom is 0.416 e. The summed E-state index contributed by atoms with van der Waals surface area (Å²) in [6.45, 7) is 1.83. The number of nitrogens with two attached hydrogens (primary N) is 1.